The van der Waals surface area contributed by atoms with Gasteiger partial charge in [-0.1, -0.05) is 0 Å². The van der Waals surface area contributed by atoms with Crippen LogP contribution in [0.5, 0.6) is 0 Å². The van der Waals surface area contributed by atoms with E-state index in [4.69, 9.17) is 4.74 Å². The van der Waals surface area contributed by atoms with Crippen LogP contribution in [-0.2, 0) is 14.3 Å². The van der Waals surface area contributed by atoms with Crippen LogP contribution >= 0.6 is 0 Å². The van der Waals surface area contributed by atoms with Gasteiger partial charge in [0.15, 0.2) is 0 Å². The van der Waals surface area contributed by atoms with E-state index in [9.17, 15) is 9.59 Å². The van der Waals surface area contributed by atoms with Crippen molar-refractivity contribution < 1.29 is 14.3 Å². The summed E-state index contributed by atoms with van der Waals surface area (Å²) in [5.41, 5.74) is 0. The quantitative estimate of drug-likeness (QED) is 0.671. The zero-order valence-electron chi connectivity index (χ0n) is 11.6. The zero-order chi connectivity index (χ0) is 13.7. The molecule has 0 unspecified atom stereocenters. The number of hydrogen-bond donors (Lipinski definition) is 1. The Morgan fingerprint density at radius 3 is 2.47 bits per heavy atom. The molecule has 0 aromatic carbocycles. The average molecular weight is 269 g/mol. The second kappa shape index (κ2) is 6.86. The van der Waals surface area contributed by atoms with Gasteiger partial charge in [-0.2, -0.15) is 0 Å². The van der Waals surface area contributed by atoms with Crippen molar-refractivity contribution in [2.45, 2.75) is 12.8 Å². The van der Waals surface area contributed by atoms with E-state index in [0.29, 0.717) is 32.2 Å². The van der Waals surface area contributed by atoms with Gasteiger partial charge < -0.3 is 19.9 Å². The standard InChI is InChI=1S/C13H23N3O3/c1-19-9-8-15-6-7-16(13(18)12(15)17)10-11-2-4-14-5-3-11/h11,14H,2-10H2,1H3. The fraction of sp³-hybridized carbons (Fsp3) is 0.846. The molecule has 2 aliphatic rings. The van der Waals surface area contributed by atoms with E-state index in [2.05, 4.69) is 5.32 Å². The number of hydrogen-bond acceptors (Lipinski definition) is 4. The van der Waals surface area contributed by atoms with Crippen LogP contribution in [0.1, 0.15) is 12.8 Å². The summed E-state index contributed by atoms with van der Waals surface area (Å²) in [6.07, 6.45) is 2.18. The number of piperidine rings is 1. The van der Waals surface area contributed by atoms with Gasteiger partial charge in [0.2, 0.25) is 0 Å². The minimum atomic E-state index is -0.378. The van der Waals surface area contributed by atoms with Gasteiger partial charge in [0.1, 0.15) is 0 Å². The second-order valence-corrected chi connectivity index (χ2v) is 5.23. The molecule has 0 spiro atoms. The maximum absolute atomic E-state index is 12.1. The largest absolute Gasteiger partial charge is 0.383 e. The Morgan fingerprint density at radius 1 is 1.16 bits per heavy atom. The highest BCUT2D eigenvalue weighted by atomic mass is 16.5. The summed E-state index contributed by atoms with van der Waals surface area (Å²) in [6, 6.07) is 0. The fourth-order valence-electron chi connectivity index (χ4n) is 2.68. The smallest absolute Gasteiger partial charge is 0.312 e. The molecule has 1 N–H and O–H groups in total. The van der Waals surface area contributed by atoms with E-state index in [1.807, 2.05) is 0 Å². The molecule has 2 saturated heterocycles. The van der Waals surface area contributed by atoms with Crippen LogP contribution in [-0.4, -0.2) is 74.6 Å². The molecule has 6 heteroatoms. The van der Waals surface area contributed by atoms with Crippen LogP contribution in [0.2, 0.25) is 0 Å². The monoisotopic (exact) mass is 269 g/mol. The van der Waals surface area contributed by atoms with E-state index in [0.717, 1.165) is 32.5 Å². The molecular weight excluding hydrogens is 246 g/mol. The van der Waals surface area contributed by atoms with Crippen LogP contribution in [0.25, 0.3) is 0 Å². The van der Waals surface area contributed by atoms with E-state index in [1.54, 1.807) is 16.9 Å². The second-order valence-electron chi connectivity index (χ2n) is 5.23. The first-order valence-corrected chi connectivity index (χ1v) is 7.00. The van der Waals surface area contributed by atoms with E-state index in [-0.39, 0.29) is 11.8 Å². The maximum atomic E-state index is 12.1. The number of rotatable bonds is 5. The molecule has 0 atom stereocenters. The highest BCUT2D eigenvalue weighted by Crippen LogP contribution is 2.15. The van der Waals surface area contributed by atoms with E-state index in [1.165, 1.54) is 0 Å². The lowest BCUT2D eigenvalue weighted by atomic mass is 9.97. The van der Waals surface area contributed by atoms with Crippen molar-refractivity contribution in [1.82, 2.24) is 15.1 Å². The van der Waals surface area contributed by atoms with Crippen molar-refractivity contribution in [3.05, 3.63) is 0 Å². The summed E-state index contributed by atoms with van der Waals surface area (Å²) in [4.78, 5) is 27.3. The SMILES string of the molecule is COCCN1CCN(CC2CCNCC2)C(=O)C1=O. The topological polar surface area (TPSA) is 61.9 Å². The minimum absolute atomic E-state index is 0.346. The molecule has 2 rings (SSSR count). The molecular formula is C13H23N3O3. The highest BCUT2D eigenvalue weighted by Gasteiger charge is 2.33. The Hall–Kier alpha value is -1.14. The first-order chi connectivity index (χ1) is 9.22. The molecule has 0 aromatic heterocycles. The summed E-state index contributed by atoms with van der Waals surface area (Å²) in [6.45, 7) is 5.01. The molecule has 108 valence electrons. The Bertz CT molecular complexity index is 329. The van der Waals surface area contributed by atoms with Crippen molar-refractivity contribution in [2.24, 2.45) is 5.92 Å². The zero-order valence-corrected chi connectivity index (χ0v) is 11.6. The lowest BCUT2D eigenvalue weighted by Gasteiger charge is -2.36. The molecule has 0 saturated carbocycles. The number of nitrogens with one attached hydrogen (secondary N) is 1. The van der Waals surface area contributed by atoms with Crippen molar-refractivity contribution in [2.75, 3.05) is 53.0 Å². The number of nitrogens with zero attached hydrogens (tertiary/aromatic N) is 2. The third-order valence-corrected chi connectivity index (χ3v) is 3.90. The molecule has 2 fully saturated rings. The van der Waals surface area contributed by atoms with Gasteiger partial charge in [0.05, 0.1) is 6.61 Å². The summed E-state index contributed by atoms with van der Waals surface area (Å²) in [5.74, 6) is -0.193. The Labute approximate surface area is 114 Å². The lowest BCUT2D eigenvalue weighted by Crippen LogP contribution is -2.56. The molecule has 19 heavy (non-hydrogen) atoms. The third-order valence-electron chi connectivity index (χ3n) is 3.90. The van der Waals surface area contributed by atoms with Crippen molar-refractivity contribution in [3.8, 4) is 0 Å². The normalized spacial score (nSPS) is 22.2. The van der Waals surface area contributed by atoms with Gasteiger partial charge in [-0.15, -0.1) is 0 Å². The first-order valence-electron chi connectivity index (χ1n) is 7.00. The van der Waals surface area contributed by atoms with Crippen molar-refractivity contribution in [3.63, 3.8) is 0 Å². The Balaban J connectivity index is 1.84. The number of amides is 2. The van der Waals surface area contributed by atoms with Crippen LogP contribution < -0.4 is 5.32 Å². The molecule has 2 aliphatic heterocycles. The number of carbonyl (C=O) groups is 2. The summed E-state index contributed by atoms with van der Waals surface area (Å²) in [5, 5.41) is 3.31. The van der Waals surface area contributed by atoms with E-state index >= 15 is 0 Å². The first kappa shape index (κ1) is 14.3. The number of ether oxygens (including phenoxy) is 1. The van der Waals surface area contributed by atoms with Crippen LogP contribution in [0, 0.1) is 5.92 Å². The Morgan fingerprint density at radius 2 is 1.79 bits per heavy atom. The van der Waals surface area contributed by atoms with E-state index < -0.39 is 0 Å². The van der Waals surface area contributed by atoms with Crippen molar-refractivity contribution >= 4 is 11.8 Å². The van der Waals surface area contributed by atoms with Crippen LogP contribution in [0.4, 0.5) is 0 Å². The summed E-state index contributed by atoms with van der Waals surface area (Å²) >= 11 is 0. The fourth-order valence-corrected chi connectivity index (χ4v) is 2.68. The number of methoxy groups -OCH3 is 1. The van der Waals surface area contributed by atoms with Gasteiger partial charge in [-0.25, -0.2) is 0 Å². The molecule has 6 nitrogen and oxygen atoms in total. The van der Waals surface area contributed by atoms with Gasteiger partial charge in [0.25, 0.3) is 0 Å². The highest BCUT2D eigenvalue weighted by molar-refractivity contribution is 6.35. The van der Waals surface area contributed by atoms with Gasteiger partial charge in [-0.3, -0.25) is 9.59 Å². The van der Waals surface area contributed by atoms with Crippen molar-refractivity contribution in [1.29, 1.82) is 0 Å². The van der Waals surface area contributed by atoms with Crippen LogP contribution in [0.3, 0.4) is 0 Å². The lowest BCUT2D eigenvalue weighted by molar-refractivity contribution is -0.156. The number of carbonyl (C=O) groups excluding carboxylic acids is 2. The molecule has 0 aromatic rings. The molecule has 0 radical (unpaired) electrons. The van der Waals surface area contributed by atoms with Gasteiger partial charge in [-0.05, 0) is 31.8 Å². The van der Waals surface area contributed by atoms with Crippen LogP contribution in [0.15, 0.2) is 0 Å². The average Bonchev–Trinajstić information content (AvgIpc) is 2.44. The molecule has 2 heterocycles. The Kier molecular flexibility index (Phi) is 5.15. The molecule has 2 amide bonds. The third kappa shape index (κ3) is 3.67. The molecule has 0 bridgehead atoms. The predicted molar refractivity (Wildman–Crippen MR) is 70.6 cm³/mol. The van der Waals surface area contributed by atoms with Gasteiger partial charge in [0, 0.05) is 33.3 Å². The maximum Gasteiger partial charge on any atom is 0.312 e. The van der Waals surface area contributed by atoms with Gasteiger partial charge >= 0.3 is 11.8 Å². The summed E-state index contributed by atoms with van der Waals surface area (Å²) in [7, 11) is 1.60. The number of piperazine rings is 1. The summed E-state index contributed by atoms with van der Waals surface area (Å²) < 4.78 is 4.95. The molecule has 0 aliphatic carbocycles. The minimum Gasteiger partial charge on any atom is -0.383 e. The predicted octanol–water partition coefficient (Wildman–Crippen LogP) is -0.697.